The summed E-state index contributed by atoms with van der Waals surface area (Å²) in [5.74, 6) is 2.48. The van der Waals surface area contributed by atoms with Gasteiger partial charge in [-0.3, -0.25) is 4.68 Å². The van der Waals surface area contributed by atoms with Crippen LogP contribution >= 0.6 is 11.6 Å². The summed E-state index contributed by atoms with van der Waals surface area (Å²) in [6.07, 6.45) is 1.50. The highest BCUT2D eigenvalue weighted by Crippen LogP contribution is 2.32. The van der Waals surface area contributed by atoms with Crippen molar-refractivity contribution in [3.8, 4) is 11.5 Å². The third-order valence-electron chi connectivity index (χ3n) is 2.66. The van der Waals surface area contributed by atoms with E-state index in [1.165, 1.54) is 6.33 Å². The number of rotatable bonds is 6. The second-order valence-corrected chi connectivity index (χ2v) is 4.17. The van der Waals surface area contributed by atoms with Crippen molar-refractivity contribution in [2.75, 3.05) is 6.61 Å². The molecule has 2 rings (SSSR count). The van der Waals surface area contributed by atoms with E-state index < -0.39 is 0 Å². The minimum Gasteiger partial charge on any atom is -0.490 e. The zero-order valence-corrected chi connectivity index (χ0v) is 11.7. The highest BCUT2D eigenvalue weighted by atomic mass is 35.5. The Kier molecular flexibility index (Phi) is 4.63. The fourth-order valence-corrected chi connectivity index (χ4v) is 1.90. The van der Waals surface area contributed by atoms with Crippen LogP contribution in [0.4, 0.5) is 0 Å². The Morgan fingerprint density at radius 2 is 2.16 bits per heavy atom. The van der Waals surface area contributed by atoms with E-state index in [9.17, 15) is 0 Å². The summed E-state index contributed by atoms with van der Waals surface area (Å²) in [6, 6.07) is 5.69. The summed E-state index contributed by atoms with van der Waals surface area (Å²) < 4.78 is 13.0. The molecule has 0 amide bonds. The maximum Gasteiger partial charge on any atom is 0.166 e. The normalized spacial score (nSPS) is 10.5. The number of nitrogens with zero attached hydrogens (tertiary/aromatic N) is 3. The lowest BCUT2D eigenvalue weighted by atomic mass is 10.2. The summed E-state index contributed by atoms with van der Waals surface area (Å²) in [5, 5.41) is 4.00. The van der Waals surface area contributed by atoms with Crippen LogP contribution in [0.5, 0.6) is 11.5 Å². The van der Waals surface area contributed by atoms with E-state index in [0.29, 0.717) is 30.6 Å². The molecular formula is C13H16ClN3O2. The number of aromatic nitrogens is 3. The van der Waals surface area contributed by atoms with Crippen LogP contribution in [0.25, 0.3) is 0 Å². The van der Waals surface area contributed by atoms with Crippen molar-refractivity contribution in [3.63, 3.8) is 0 Å². The van der Waals surface area contributed by atoms with Crippen LogP contribution in [-0.2, 0) is 19.5 Å². The van der Waals surface area contributed by atoms with Crippen molar-refractivity contribution >= 4 is 11.6 Å². The van der Waals surface area contributed by atoms with Gasteiger partial charge in [0.25, 0.3) is 0 Å². The Bertz CT molecular complexity index is 542. The molecule has 1 aromatic heterocycles. The fraction of sp³-hybridized carbons (Fsp3) is 0.385. The topological polar surface area (TPSA) is 49.2 Å². The molecule has 0 fully saturated rings. The molecule has 19 heavy (non-hydrogen) atoms. The van der Waals surface area contributed by atoms with E-state index in [1.807, 2.05) is 32.2 Å². The average Bonchev–Trinajstić information content (AvgIpc) is 2.83. The molecule has 1 heterocycles. The van der Waals surface area contributed by atoms with E-state index >= 15 is 0 Å². The third-order valence-corrected chi connectivity index (χ3v) is 2.94. The SMILES string of the molecule is CCOc1cccc(CCl)c1OCc1ncnn1C. The maximum absolute atomic E-state index is 5.93. The van der Waals surface area contributed by atoms with Gasteiger partial charge in [0.2, 0.25) is 0 Å². The highest BCUT2D eigenvalue weighted by molar-refractivity contribution is 6.17. The van der Waals surface area contributed by atoms with Crippen molar-refractivity contribution < 1.29 is 9.47 Å². The standard InChI is InChI=1S/C13H16ClN3O2/c1-3-18-11-6-4-5-10(7-14)13(11)19-8-12-15-9-16-17(12)2/h4-6,9H,3,7-8H2,1-2H3. The Hall–Kier alpha value is -1.75. The average molecular weight is 282 g/mol. The molecule has 0 aliphatic carbocycles. The van der Waals surface area contributed by atoms with Crippen molar-refractivity contribution in [3.05, 3.63) is 35.9 Å². The number of hydrogen-bond donors (Lipinski definition) is 0. The van der Waals surface area contributed by atoms with Crippen LogP contribution in [0.15, 0.2) is 24.5 Å². The molecule has 0 aliphatic heterocycles. The third kappa shape index (κ3) is 3.17. The molecule has 6 heteroatoms. The van der Waals surface area contributed by atoms with Crippen LogP contribution in [-0.4, -0.2) is 21.4 Å². The minimum absolute atomic E-state index is 0.324. The Morgan fingerprint density at radius 1 is 1.32 bits per heavy atom. The molecule has 0 N–H and O–H groups in total. The van der Waals surface area contributed by atoms with Gasteiger partial charge in [0.05, 0.1) is 12.5 Å². The lowest BCUT2D eigenvalue weighted by molar-refractivity contribution is 0.257. The molecule has 0 aliphatic rings. The molecule has 0 saturated carbocycles. The van der Waals surface area contributed by atoms with Crippen LogP contribution in [0.2, 0.25) is 0 Å². The quantitative estimate of drug-likeness (QED) is 0.764. The highest BCUT2D eigenvalue weighted by Gasteiger charge is 2.12. The summed E-state index contributed by atoms with van der Waals surface area (Å²) in [4.78, 5) is 4.12. The number of para-hydroxylation sites is 1. The first-order valence-electron chi connectivity index (χ1n) is 6.02. The molecule has 1 aromatic carbocycles. The van der Waals surface area contributed by atoms with Gasteiger partial charge in [-0.25, -0.2) is 4.98 Å². The Labute approximate surface area is 117 Å². The zero-order valence-electron chi connectivity index (χ0n) is 11.0. The molecular weight excluding hydrogens is 266 g/mol. The lowest BCUT2D eigenvalue weighted by Gasteiger charge is -2.14. The van der Waals surface area contributed by atoms with Gasteiger partial charge in [0.1, 0.15) is 12.9 Å². The molecule has 0 saturated heterocycles. The second-order valence-electron chi connectivity index (χ2n) is 3.90. The number of benzene rings is 1. The lowest BCUT2D eigenvalue weighted by Crippen LogP contribution is -2.07. The number of aryl methyl sites for hydroxylation is 1. The summed E-state index contributed by atoms with van der Waals surface area (Å²) in [7, 11) is 1.82. The zero-order chi connectivity index (χ0) is 13.7. The maximum atomic E-state index is 5.93. The monoisotopic (exact) mass is 281 g/mol. The van der Waals surface area contributed by atoms with Gasteiger partial charge in [-0.15, -0.1) is 11.6 Å². The van der Waals surface area contributed by atoms with Crippen LogP contribution in [0, 0.1) is 0 Å². The molecule has 5 nitrogen and oxygen atoms in total. The van der Waals surface area contributed by atoms with E-state index in [4.69, 9.17) is 21.1 Å². The Balaban J connectivity index is 2.20. The van der Waals surface area contributed by atoms with E-state index in [2.05, 4.69) is 10.1 Å². The summed E-state index contributed by atoms with van der Waals surface area (Å²) in [5.41, 5.74) is 0.898. The molecule has 0 unspecified atom stereocenters. The molecule has 0 atom stereocenters. The number of halogens is 1. The van der Waals surface area contributed by atoms with Crippen molar-refractivity contribution in [1.29, 1.82) is 0 Å². The Morgan fingerprint density at radius 3 is 2.79 bits per heavy atom. The van der Waals surface area contributed by atoms with E-state index in [1.54, 1.807) is 4.68 Å². The molecule has 0 bridgehead atoms. The molecule has 0 radical (unpaired) electrons. The van der Waals surface area contributed by atoms with Gasteiger partial charge >= 0.3 is 0 Å². The number of hydrogen-bond acceptors (Lipinski definition) is 4. The second kappa shape index (κ2) is 6.43. The summed E-state index contributed by atoms with van der Waals surface area (Å²) >= 11 is 5.93. The van der Waals surface area contributed by atoms with Gasteiger partial charge < -0.3 is 9.47 Å². The molecule has 2 aromatic rings. The van der Waals surface area contributed by atoms with Gasteiger partial charge in [0, 0.05) is 12.6 Å². The van der Waals surface area contributed by atoms with Crippen LogP contribution in [0.3, 0.4) is 0 Å². The van der Waals surface area contributed by atoms with E-state index in [0.717, 1.165) is 11.4 Å². The number of ether oxygens (including phenoxy) is 2. The van der Waals surface area contributed by atoms with Gasteiger partial charge in [0.15, 0.2) is 17.3 Å². The van der Waals surface area contributed by atoms with Crippen LogP contribution < -0.4 is 9.47 Å². The van der Waals surface area contributed by atoms with Gasteiger partial charge in [-0.2, -0.15) is 5.10 Å². The fourth-order valence-electron chi connectivity index (χ4n) is 1.69. The van der Waals surface area contributed by atoms with E-state index in [-0.39, 0.29) is 0 Å². The molecule has 102 valence electrons. The van der Waals surface area contributed by atoms with Crippen molar-refractivity contribution in [2.24, 2.45) is 7.05 Å². The summed E-state index contributed by atoms with van der Waals surface area (Å²) in [6.45, 7) is 2.83. The van der Waals surface area contributed by atoms with Crippen LogP contribution in [0.1, 0.15) is 18.3 Å². The van der Waals surface area contributed by atoms with Crippen molar-refractivity contribution in [1.82, 2.24) is 14.8 Å². The minimum atomic E-state index is 0.324. The molecule has 0 spiro atoms. The first kappa shape index (κ1) is 13.7. The first-order valence-corrected chi connectivity index (χ1v) is 6.56. The van der Waals surface area contributed by atoms with Crippen molar-refractivity contribution in [2.45, 2.75) is 19.4 Å². The largest absolute Gasteiger partial charge is 0.490 e. The first-order chi connectivity index (χ1) is 9.26. The number of alkyl halides is 1. The van der Waals surface area contributed by atoms with Gasteiger partial charge in [-0.1, -0.05) is 12.1 Å². The predicted octanol–water partition coefficient (Wildman–Crippen LogP) is 2.53. The smallest absolute Gasteiger partial charge is 0.166 e. The predicted molar refractivity (Wildman–Crippen MR) is 72.5 cm³/mol. The van der Waals surface area contributed by atoms with Gasteiger partial charge in [-0.05, 0) is 13.0 Å².